The van der Waals surface area contributed by atoms with Gasteiger partial charge in [0.25, 0.3) is 0 Å². The molecule has 3 N–H and O–H groups in total. The number of fused-ring (bicyclic) bond motifs is 1. The number of anilines is 1. The van der Waals surface area contributed by atoms with Gasteiger partial charge in [-0.1, -0.05) is 30.4 Å². The number of hydrogen-bond donors (Lipinski definition) is 3. The monoisotopic (exact) mass is 383 g/mol. The molecule has 2 aromatic rings. The minimum atomic E-state index is -0.651. The van der Waals surface area contributed by atoms with E-state index in [0.717, 1.165) is 43.7 Å². The van der Waals surface area contributed by atoms with Crippen molar-refractivity contribution < 1.29 is 15.3 Å². The van der Waals surface area contributed by atoms with Crippen LogP contribution < -0.4 is 4.90 Å². The predicted molar refractivity (Wildman–Crippen MR) is 110 cm³/mol. The lowest BCUT2D eigenvalue weighted by molar-refractivity contribution is 0.0966. The molecule has 6 nitrogen and oxygen atoms in total. The minimum absolute atomic E-state index is 0.0852. The second kappa shape index (κ2) is 8.29. The number of nitrogens with zero attached hydrogens (tertiary/aromatic N) is 3. The molecule has 1 aliphatic carbocycles. The topological polar surface area (TPSA) is 72.1 Å². The summed E-state index contributed by atoms with van der Waals surface area (Å²) in [4.78, 5) is 4.66. The fourth-order valence-corrected chi connectivity index (χ4v) is 4.32. The van der Waals surface area contributed by atoms with Gasteiger partial charge in [0.05, 0.1) is 12.6 Å². The molecule has 0 spiro atoms. The third-order valence-corrected chi connectivity index (χ3v) is 5.80. The van der Waals surface area contributed by atoms with Crippen LogP contribution >= 0.6 is 0 Å². The number of allylic oxidation sites excluding steroid dienone is 2. The molecule has 0 radical (unpaired) electrons. The molecule has 1 unspecified atom stereocenters. The third-order valence-electron chi connectivity index (χ3n) is 5.80. The molecule has 0 amide bonds. The second-order valence-corrected chi connectivity index (χ2v) is 7.73. The molecule has 1 atom stereocenters. The zero-order chi connectivity index (χ0) is 19.5. The zero-order valence-corrected chi connectivity index (χ0v) is 16.2. The van der Waals surface area contributed by atoms with Gasteiger partial charge in [-0.25, -0.2) is 0 Å². The maximum atomic E-state index is 10.6. The minimum Gasteiger partial charge on any atom is -0.494 e. The quantitative estimate of drug-likeness (QED) is 0.690. The van der Waals surface area contributed by atoms with Crippen molar-refractivity contribution in [1.82, 2.24) is 9.47 Å². The SMILES string of the molecule is Oc1c2c(c(O)n1CC(O)CN1CCCN(c3ccccc3)CC1)CC=CC2. The Kier molecular flexibility index (Phi) is 5.59. The van der Waals surface area contributed by atoms with E-state index in [1.54, 1.807) is 0 Å². The van der Waals surface area contributed by atoms with E-state index in [4.69, 9.17) is 0 Å². The summed E-state index contributed by atoms with van der Waals surface area (Å²) >= 11 is 0. The molecular weight excluding hydrogens is 354 g/mol. The number of benzene rings is 1. The van der Waals surface area contributed by atoms with E-state index in [0.29, 0.717) is 19.4 Å². The van der Waals surface area contributed by atoms with Crippen LogP contribution in [0.5, 0.6) is 11.8 Å². The Labute approximate surface area is 165 Å². The highest BCUT2D eigenvalue weighted by atomic mass is 16.3. The van der Waals surface area contributed by atoms with Crippen molar-refractivity contribution in [3.05, 3.63) is 53.6 Å². The highest BCUT2D eigenvalue weighted by Gasteiger charge is 2.25. The Morgan fingerprint density at radius 2 is 1.50 bits per heavy atom. The summed E-state index contributed by atoms with van der Waals surface area (Å²) < 4.78 is 1.45. The molecule has 1 aromatic heterocycles. The van der Waals surface area contributed by atoms with E-state index in [1.807, 2.05) is 18.2 Å². The number of hydrogen-bond acceptors (Lipinski definition) is 5. The van der Waals surface area contributed by atoms with Gasteiger partial charge in [0.1, 0.15) is 0 Å². The van der Waals surface area contributed by atoms with Crippen LogP contribution in [-0.2, 0) is 19.4 Å². The van der Waals surface area contributed by atoms with Gasteiger partial charge in [-0.3, -0.25) is 9.47 Å². The van der Waals surface area contributed by atoms with Crippen molar-refractivity contribution in [2.24, 2.45) is 0 Å². The summed E-state index contributed by atoms with van der Waals surface area (Å²) in [6.07, 6.45) is 5.64. The normalized spacial score (nSPS) is 18.7. The Bertz CT molecular complexity index is 800. The first kappa shape index (κ1) is 18.9. The molecule has 150 valence electrons. The lowest BCUT2D eigenvalue weighted by Crippen LogP contribution is -2.37. The lowest BCUT2D eigenvalue weighted by atomic mass is 10.0. The number of β-amino-alcohol motifs (C(OH)–C–C–N with tert-alkyl or cyclic N) is 1. The van der Waals surface area contributed by atoms with Crippen LogP contribution in [0.1, 0.15) is 17.5 Å². The van der Waals surface area contributed by atoms with Gasteiger partial charge < -0.3 is 20.2 Å². The van der Waals surface area contributed by atoms with Gasteiger partial charge in [-0.15, -0.1) is 0 Å². The molecule has 2 aliphatic rings. The lowest BCUT2D eigenvalue weighted by Gasteiger charge is -2.25. The summed E-state index contributed by atoms with van der Waals surface area (Å²) in [7, 11) is 0. The summed E-state index contributed by atoms with van der Waals surface area (Å²) in [6, 6.07) is 10.4. The Morgan fingerprint density at radius 3 is 2.18 bits per heavy atom. The molecule has 6 heteroatoms. The number of aromatic hydroxyl groups is 2. The number of aliphatic hydroxyl groups excluding tert-OH is 1. The Morgan fingerprint density at radius 1 is 0.821 bits per heavy atom. The third kappa shape index (κ3) is 3.88. The molecule has 0 saturated carbocycles. The van der Waals surface area contributed by atoms with Crippen molar-refractivity contribution in [3.63, 3.8) is 0 Å². The van der Waals surface area contributed by atoms with Gasteiger partial charge in [0.2, 0.25) is 0 Å². The van der Waals surface area contributed by atoms with Crippen LogP contribution in [-0.4, -0.2) is 63.6 Å². The maximum absolute atomic E-state index is 10.6. The van der Waals surface area contributed by atoms with Crippen LogP contribution in [0.15, 0.2) is 42.5 Å². The molecule has 1 aromatic carbocycles. The summed E-state index contributed by atoms with van der Waals surface area (Å²) in [6.45, 7) is 4.48. The van der Waals surface area contributed by atoms with Crippen molar-refractivity contribution in [2.75, 3.05) is 37.6 Å². The molecule has 4 rings (SSSR count). The number of aromatic nitrogens is 1. The summed E-state index contributed by atoms with van der Waals surface area (Å²) in [5.41, 5.74) is 2.80. The standard InChI is InChI=1S/C22H29N3O3/c26-18(16-25-21(27)19-9-4-5-10-20(19)22(25)28)15-23-11-6-12-24(14-13-23)17-7-2-1-3-8-17/h1-5,7-8,18,26-28H,6,9-16H2. The van der Waals surface area contributed by atoms with Crippen LogP contribution in [0.2, 0.25) is 0 Å². The molecule has 1 aliphatic heterocycles. The van der Waals surface area contributed by atoms with Crippen molar-refractivity contribution in [2.45, 2.75) is 31.9 Å². The van der Waals surface area contributed by atoms with E-state index >= 15 is 0 Å². The number of para-hydroxylation sites is 1. The fourth-order valence-electron chi connectivity index (χ4n) is 4.32. The van der Waals surface area contributed by atoms with Crippen LogP contribution in [0, 0.1) is 0 Å². The van der Waals surface area contributed by atoms with Crippen molar-refractivity contribution >= 4 is 5.69 Å². The van der Waals surface area contributed by atoms with Gasteiger partial charge in [-0.05, 0) is 37.9 Å². The summed E-state index contributed by atoms with van der Waals surface area (Å²) in [5.74, 6) is 0.170. The molecule has 28 heavy (non-hydrogen) atoms. The van der Waals surface area contributed by atoms with Gasteiger partial charge in [0.15, 0.2) is 11.8 Å². The molecule has 2 heterocycles. The highest BCUT2D eigenvalue weighted by Crippen LogP contribution is 2.36. The first-order valence-corrected chi connectivity index (χ1v) is 10.1. The van der Waals surface area contributed by atoms with E-state index in [1.165, 1.54) is 10.3 Å². The highest BCUT2D eigenvalue weighted by molar-refractivity contribution is 5.49. The first-order valence-electron chi connectivity index (χ1n) is 10.1. The Balaban J connectivity index is 1.36. The van der Waals surface area contributed by atoms with Gasteiger partial charge in [-0.2, -0.15) is 0 Å². The van der Waals surface area contributed by atoms with Crippen molar-refractivity contribution in [3.8, 4) is 11.8 Å². The largest absolute Gasteiger partial charge is 0.494 e. The van der Waals surface area contributed by atoms with E-state index < -0.39 is 6.10 Å². The maximum Gasteiger partial charge on any atom is 0.197 e. The summed E-state index contributed by atoms with van der Waals surface area (Å²) in [5, 5.41) is 31.5. The number of aliphatic hydroxyl groups is 1. The van der Waals surface area contributed by atoms with E-state index in [-0.39, 0.29) is 18.3 Å². The van der Waals surface area contributed by atoms with Gasteiger partial charge in [0, 0.05) is 43.0 Å². The van der Waals surface area contributed by atoms with Crippen LogP contribution in [0.3, 0.4) is 0 Å². The van der Waals surface area contributed by atoms with E-state index in [2.05, 4.69) is 34.1 Å². The average molecular weight is 383 g/mol. The number of rotatable bonds is 5. The average Bonchev–Trinajstić information content (AvgIpc) is 2.88. The zero-order valence-electron chi connectivity index (χ0n) is 16.2. The predicted octanol–water partition coefficient (Wildman–Crippen LogP) is 2.13. The second-order valence-electron chi connectivity index (χ2n) is 7.73. The molecular formula is C22H29N3O3. The molecule has 1 saturated heterocycles. The molecule has 0 bridgehead atoms. The molecule has 1 fully saturated rings. The van der Waals surface area contributed by atoms with Crippen LogP contribution in [0.25, 0.3) is 0 Å². The smallest absolute Gasteiger partial charge is 0.197 e. The van der Waals surface area contributed by atoms with Crippen molar-refractivity contribution in [1.29, 1.82) is 0 Å². The van der Waals surface area contributed by atoms with Crippen LogP contribution in [0.4, 0.5) is 5.69 Å². The Hall–Kier alpha value is -2.44. The van der Waals surface area contributed by atoms with Gasteiger partial charge >= 0.3 is 0 Å². The van der Waals surface area contributed by atoms with E-state index in [9.17, 15) is 15.3 Å². The first-order chi connectivity index (χ1) is 13.6. The fraction of sp³-hybridized carbons (Fsp3) is 0.455.